The molecule has 3 heterocycles. The number of hydrogen-bond acceptors (Lipinski definition) is 9. The zero-order chi connectivity index (χ0) is 27.1. The molecule has 1 aliphatic heterocycles. The van der Waals surface area contributed by atoms with Gasteiger partial charge in [0.2, 0.25) is 5.95 Å². The minimum Gasteiger partial charge on any atom is -0.495 e. The van der Waals surface area contributed by atoms with Crippen LogP contribution in [0.25, 0.3) is 22.2 Å². The van der Waals surface area contributed by atoms with E-state index in [2.05, 4.69) is 15.3 Å². The number of ether oxygens (including phenoxy) is 3. The van der Waals surface area contributed by atoms with Gasteiger partial charge >= 0.3 is 0 Å². The lowest BCUT2D eigenvalue weighted by Gasteiger charge is -2.16. The van der Waals surface area contributed by atoms with Crippen molar-refractivity contribution < 1.29 is 14.2 Å². The van der Waals surface area contributed by atoms with E-state index < -0.39 is 0 Å². The summed E-state index contributed by atoms with van der Waals surface area (Å²) >= 11 is 13.2. The number of nitrogens with one attached hydrogen (secondary N) is 1. The van der Waals surface area contributed by atoms with Gasteiger partial charge in [-0.2, -0.15) is 0 Å². The summed E-state index contributed by atoms with van der Waals surface area (Å²) in [6.45, 7) is 2.46. The largest absolute Gasteiger partial charge is 0.495 e. The first-order valence-corrected chi connectivity index (χ1v) is 12.9. The lowest BCUT2D eigenvalue weighted by Crippen LogP contribution is -2.06. The second-order valence-electron chi connectivity index (χ2n) is 8.58. The first-order valence-electron chi connectivity index (χ1n) is 12.1. The Balaban J connectivity index is 0.000000494. The third-order valence-corrected chi connectivity index (χ3v) is 6.65. The molecule has 200 valence electrons. The Labute approximate surface area is 231 Å². The molecule has 0 atom stereocenters. The number of pyridine rings is 1. The monoisotopic (exact) mass is 556 g/mol. The Morgan fingerprint density at radius 3 is 2.24 bits per heavy atom. The van der Waals surface area contributed by atoms with E-state index >= 15 is 0 Å². The van der Waals surface area contributed by atoms with Crippen molar-refractivity contribution in [1.82, 2.24) is 15.0 Å². The van der Waals surface area contributed by atoms with Crippen molar-refractivity contribution in [2.45, 2.75) is 25.8 Å². The van der Waals surface area contributed by atoms with Crippen molar-refractivity contribution in [3.8, 4) is 22.8 Å². The number of methoxy groups -OCH3 is 2. The summed E-state index contributed by atoms with van der Waals surface area (Å²) in [6, 6.07) is 11.0. The molecule has 0 aliphatic carbocycles. The molecule has 0 unspecified atom stereocenters. The molecule has 5 N–H and O–H groups in total. The van der Waals surface area contributed by atoms with Crippen LogP contribution in [0.5, 0.6) is 11.5 Å². The molecule has 0 radical (unpaired) electrons. The molecule has 0 saturated carbocycles. The van der Waals surface area contributed by atoms with Crippen LogP contribution >= 0.6 is 23.2 Å². The Kier molecular flexibility index (Phi) is 9.28. The Morgan fingerprint density at radius 2 is 1.66 bits per heavy atom. The number of fused-ring (bicyclic) bond motifs is 1. The van der Waals surface area contributed by atoms with Crippen molar-refractivity contribution in [2.75, 3.05) is 44.2 Å². The second-order valence-corrected chi connectivity index (χ2v) is 9.33. The third-order valence-electron chi connectivity index (χ3n) is 5.90. The van der Waals surface area contributed by atoms with Crippen LogP contribution in [0.3, 0.4) is 0 Å². The number of aromatic nitrogens is 3. The molecule has 1 aliphatic rings. The van der Waals surface area contributed by atoms with Gasteiger partial charge in [0.25, 0.3) is 0 Å². The standard InChI is InChI=1S/C22H20Cl2N6O2.C5H10O/c1-31-15-8-16(32-2)19(24)17(18(15)23)14-7-12-10-28-22(26)30-20(12)21(29-14)27-9-11-4-3-5-13(25)6-11;1-2-4-6-5-3-1/h3-8,10H,9,25H2,1-2H3,(H,27,29)(H2,26,28,30);1-5H2. The van der Waals surface area contributed by atoms with Gasteiger partial charge in [0, 0.05) is 48.7 Å². The SMILES string of the molecule is C1CCOCC1.COc1cc(OC)c(Cl)c(-c2cc3cnc(N)nc3c(NCc3cccc(N)c3)n2)c1Cl. The number of hydrogen-bond donors (Lipinski definition) is 3. The summed E-state index contributed by atoms with van der Waals surface area (Å²) in [5, 5.41) is 4.62. The van der Waals surface area contributed by atoms with Gasteiger partial charge in [0.05, 0.1) is 30.0 Å². The van der Waals surface area contributed by atoms with Crippen molar-refractivity contribution in [1.29, 1.82) is 0 Å². The van der Waals surface area contributed by atoms with Crippen molar-refractivity contribution >= 4 is 51.6 Å². The van der Waals surface area contributed by atoms with Crippen LogP contribution in [0.2, 0.25) is 10.0 Å². The van der Waals surface area contributed by atoms with Gasteiger partial charge in [-0.1, -0.05) is 35.3 Å². The molecule has 2 aromatic carbocycles. The van der Waals surface area contributed by atoms with Crippen molar-refractivity contribution in [2.24, 2.45) is 0 Å². The average molecular weight is 557 g/mol. The molecule has 1 saturated heterocycles. The van der Waals surface area contributed by atoms with Gasteiger partial charge in [-0.25, -0.2) is 15.0 Å². The Bertz CT molecular complexity index is 1380. The number of nitrogens with two attached hydrogens (primary N) is 2. The van der Waals surface area contributed by atoms with E-state index in [9.17, 15) is 0 Å². The summed E-state index contributed by atoms with van der Waals surface area (Å²) in [4.78, 5) is 13.2. The molecule has 2 aromatic heterocycles. The first kappa shape index (κ1) is 27.5. The minimum absolute atomic E-state index is 0.137. The summed E-state index contributed by atoms with van der Waals surface area (Å²) in [5.74, 6) is 1.45. The third kappa shape index (κ3) is 6.48. The van der Waals surface area contributed by atoms with Crippen LogP contribution in [0.4, 0.5) is 17.5 Å². The summed E-state index contributed by atoms with van der Waals surface area (Å²) in [6.07, 6.45) is 5.55. The highest BCUT2D eigenvalue weighted by molar-refractivity contribution is 6.41. The van der Waals surface area contributed by atoms with E-state index in [1.807, 2.05) is 24.3 Å². The smallest absolute Gasteiger partial charge is 0.220 e. The van der Waals surface area contributed by atoms with Gasteiger partial charge in [-0.15, -0.1) is 0 Å². The quantitative estimate of drug-likeness (QED) is 0.245. The van der Waals surface area contributed by atoms with Gasteiger partial charge in [0.1, 0.15) is 17.0 Å². The maximum Gasteiger partial charge on any atom is 0.220 e. The van der Waals surface area contributed by atoms with Crippen LogP contribution in [0.15, 0.2) is 42.6 Å². The van der Waals surface area contributed by atoms with Gasteiger partial charge in [-0.05, 0) is 43.0 Å². The van der Waals surface area contributed by atoms with Crippen LogP contribution in [0, 0.1) is 0 Å². The lowest BCUT2D eigenvalue weighted by atomic mass is 10.1. The van der Waals surface area contributed by atoms with Crippen LogP contribution in [-0.2, 0) is 11.3 Å². The van der Waals surface area contributed by atoms with Crippen LogP contribution < -0.4 is 26.3 Å². The van der Waals surface area contributed by atoms with Gasteiger partial charge in [0.15, 0.2) is 5.82 Å². The fourth-order valence-electron chi connectivity index (χ4n) is 3.99. The minimum atomic E-state index is 0.137. The molecule has 0 bridgehead atoms. The molecule has 11 heteroatoms. The Hall–Kier alpha value is -3.53. The summed E-state index contributed by atoms with van der Waals surface area (Å²) < 4.78 is 15.8. The normalized spacial score (nSPS) is 12.9. The van der Waals surface area contributed by atoms with E-state index in [1.165, 1.54) is 33.5 Å². The molecule has 5 rings (SSSR count). The topological polar surface area (TPSA) is 130 Å². The van der Waals surface area contributed by atoms with E-state index in [0.717, 1.165) is 18.8 Å². The van der Waals surface area contributed by atoms with Crippen LogP contribution in [0.1, 0.15) is 24.8 Å². The van der Waals surface area contributed by atoms with Gasteiger partial charge < -0.3 is 31.0 Å². The number of nitrogens with zero attached hydrogens (tertiary/aromatic N) is 3. The Morgan fingerprint density at radius 1 is 0.947 bits per heavy atom. The fourth-order valence-corrected chi connectivity index (χ4v) is 4.69. The highest BCUT2D eigenvalue weighted by Crippen LogP contribution is 2.46. The van der Waals surface area contributed by atoms with E-state index in [0.29, 0.717) is 61.8 Å². The molecule has 9 nitrogen and oxygen atoms in total. The maximum atomic E-state index is 6.61. The zero-order valence-corrected chi connectivity index (χ0v) is 22.8. The highest BCUT2D eigenvalue weighted by Gasteiger charge is 2.21. The number of rotatable bonds is 6. The number of halogens is 2. The molecule has 38 heavy (non-hydrogen) atoms. The second kappa shape index (κ2) is 12.8. The molecule has 0 amide bonds. The first-order chi connectivity index (χ1) is 18.4. The lowest BCUT2D eigenvalue weighted by molar-refractivity contribution is 0.0968. The molecule has 0 spiro atoms. The zero-order valence-electron chi connectivity index (χ0n) is 21.3. The predicted molar refractivity (Wildman–Crippen MR) is 153 cm³/mol. The van der Waals surface area contributed by atoms with E-state index in [4.69, 9.17) is 53.9 Å². The number of anilines is 3. The average Bonchev–Trinajstić information content (AvgIpc) is 2.93. The fraction of sp³-hybridized carbons (Fsp3) is 0.296. The van der Waals surface area contributed by atoms with Crippen molar-refractivity contribution in [3.05, 3.63) is 58.2 Å². The maximum absolute atomic E-state index is 6.61. The van der Waals surface area contributed by atoms with Crippen molar-refractivity contribution in [3.63, 3.8) is 0 Å². The summed E-state index contributed by atoms with van der Waals surface area (Å²) in [7, 11) is 3.03. The number of benzene rings is 2. The van der Waals surface area contributed by atoms with Crippen LogP contribution in [-0.4, -0.2) is 42.4 Å². The van der Waals surface area contributed by atoms with E-state index in [1.54, 1.807) is 18.3 Å². The highest BCUT2D eigenvalue weighted by atomic mass is 35.5. The summed E-state index contributed by atoms with van der Waals surface area (Å²) in [5.41, 5.74) is 14.9. The predicted octanol–water partition coefficient (Wildman–Crippen LogP) is 5.98. The van der Waals surface area contributed by atoms with Gasteiger partial charge in [-0.3, -0.25) is 0 Å². The molecule has 1 fully saturated rings. The molecular formula is C27H30Cl2N6O3. The number of nitrogen functional groups attached to an aromatic ring is 2. The van der Waals surface area contributed by atoms with E-state index in [-0.39, 0.29) is 5.95 Å². The molecular weight excluding hydrogens is 527 g/mol. The molecule has 4 aromatic rings.